The van der Waals surface area contributed by atoms with Crippen molar-refractivity contribution >= 4 is 5.69 Å². The Labute approximate surface area is 84.5 Å². The van der Waals surface area contributed by atoms with Crippen LogP contribution in [-0.2, 0) is 4.74 Å². The van der Waals surface area contributed by atoms with Gasteiger partial charge in [-0.05, 0) is 18.6 Å². The molecule has 0 aromatic carbocycles. The monoisotopic (exact) mass is 195 g/mol. The smallest absolute Gasteiger partial charge is 0.0676 e. The zero-order chi connectivity index (χ0) is 10.4. The Hall–Kier alpha value is -1.13. The molecule has 78 valence electrons. The summed E-state index contributed by atoms with van der Waals surface area (Å²) >= 11 is 0. The summed E-state index contributed by atoms with van der Waals surface area (Å²) in [5, 5.41) is 3.31. The van der Waals surface area contributed by atoms with Crippen LogP contribution in [0.3, 0.4) is 0 Å². The molecule has 0 fully saturated rings. The normalized spacial score (nSPS) is 12.5. The van der Waals surface area contributed by atoms with E-state index in [1.54, 1.807) is 13.3 Å². The number of aryl methyl sites for hydroxylation is 1. The van der Waals surface area contributed by atoms with Gasteiger partial charge >= 0.3 is 0 Å². The lowest BCUT2D eigenvalue weighted by atomic mass is 10.2. The average Bonchev–Trinajstić information content (AvgIpc) is 2.20. The summed E-state index contributed by atoms with van der Waals surface area (Å²) in [6.45, 7) is 3.17. The number of nitrogens with zero attached hydrogens (tertiary/aromatic N) is 1. The van der Waals surface area contributed by atoms with Gasteiger partial charge in [0, 0.05) is 31.7 Å². The van der Waals surface area contributed by atoms with Crippen LogP contribution in [0.25, 0.3) is 0 Å². The molecule has 0 aliphatic rings. The average molecular weight is 195 g/mol. The lowest BCUT2D eigenvalue weighted by Crippen LogP contribution is -2.33. The van der Waals surface area contributed by atoms with Gasteiger partial charge in [-0.15, -0.1) is 0 Å². The van der Waals surface area contributed by atoms with Crippen LogP contribution in [-0.4, -0.2) is 31.3 Å². The summed E-state index contributed by atoms with van der Waals surface area (Å²) in [6.07, 6.45) is 3.58. The molecule has 1 aromatic heterocycles. The second-order valence-corrected chi connectivity index (χ2v) is 3.22. The van der Waals surface area contributed by atoms with E-state index in [1.807, 2.05) is 19.2 Å². The van der Waals surface area contributed by atoms with Crippen LogP contribution >= 0.6 is 0 Å². The zero-order valence-corrected chi connectivity index (χ0v) is 8.66. The number of ether oxygens (including phenoxy) is 1. The second kappa shape index (κ2) is 5.57. The van der Waals surface area contributed by atoms with Crippen molar-refractivity contribution in [2.24, 2.45) is 5.73 Å². The second-order valence-electron chi connectivity index (χ2n) is 3.22. The van der Waals surface area contributed by atoms with Gasteiger partial charge in [0.15, 0.2) is 0 Å². The van der Waals surface area contributed by atoms with Crippen LogP contribution in [0.4, 0.5) is 5.69 Å². The van der Waals surface area contributed by atoms with Gasteiger partial charge in [0.25, 0.3) is 0 Å². The van der Waals surface area contributed by atoms with Gasteiger partial charge in [-0.2, -0.15) is 0 Å². The molecule has 4 nitrogen and oxygen atoms in total. The predicted octanol–water partition coefficient (Wildman–Crippen LogP) is 0.776. The molecular formula is C10H17N3O. The number of hydrogen-bond acceptors (Lipinski definition) is 4. The Morgan fingerprint density at radius 3 is 3.00 bits per heavy atom. The third kappa shape index (κ3) is 2.97. The Kier molecular flexibility index (Phi) is 4.35. The molecule has 0 saturated heterocycles. The van der Waals surface area contributed by atoms with E-state index in [-0.39, 0.29) is 6.04 Å². The van der Waals surface area contributed by atoms with Crippen LogP contribution in [0.1, 0.15) is 5.56 Å². The molecule has 1 rings (SSSR count). The molecular weight excluding hydrogens is 178 g/mol. The molecule has 0 saturated carbocycles. The van der Waals surface area contributed by atoms with E-state index in [1.165, 1.54) is 0 Å². The van der Waals surface area contributed by atoms with Crippen molar-refractivity contribution in [1.29, 1.82) is 0 Å². The first-order valence-electron chi connectivity index (χ1n) is 4.64. The van der Waals surface area contributed by atoms with Gasteiger partial charge in [0.1, 0.15) is 0 Å². The number of aromatic nitrogens is 1. The van der Waals surface area contributed by atoms with E-state index in [9.17, 15) is 0 Å². The lowest BCUT2D eigenvalue weighted by Gasteiger charge is -2.18. The Morgan fingerprint density at radius 2 is 2.43 bits per heavy atom. The van der Waals surface area contributed by atoms with E-state index in [0.29, 0.717) is 13.2 Å². The van der Waals surface area contributed by atoms with Crippen LogP contribution in [0.15, 0.2) is 18.5 Å². The Morgan fingerprint density at radius 1 is 1.64 bits per heavy atom. The fourth-order valence-corrected chi connectivity index (χ4v) is 1.23. The summed E-state index contributed by atoms with van der Waals surface area (Å²) in [7, 11) is 1.67. The molecule has 0 aliphatic carbocycles. The molecule has 1 atom stereocenters. The van der Waals surface area contributed by atoms with E-state index in [0.717, 1.165) is 11.3 Å². The molecule has 0 aliphatic heterocycles. The van der Waals surface area contributed by atoms with Gasteiger partial charge in [-0.25, -0.2) is 0 Å². The first kappa shape index (κ1) is 10.9. The van der Waals surface area contributed by atoms with Crippen molar-refractivity contribution in [1.82, 2.24) is 4.98 Å². The van der Waals surface area contributed by atoms with E-state index >= 15 is 0 Å². The van der Waals surface area contributed by atoms with Crippen LogP contribution in [0.2, 0.25) is 0 Å². The summed E-state index contributed by atoms with van der Waals surface area (Å²) < 4.78 is 5.05. The van der Waals surface area contributed by atoms with Gasteiger partial charge in [-0.3, -0.25) is 4.98 Å². The molecule has 1 unspecified atom stereocenters. The maximum absolute atomic E-state index is 5.60. The number of rotatable bonds is 5. The Bertz CT molecular complexity index is 278. The summed E-state index contributed by atoms with van der Waals surface area (Å²) in [6, 6.07) is 2.09. The molecule has 3 N–H and O–H groups in total. The number of nitrogens with two attached hydrogens (primary N) is 1. The summed E-state index contributed by atoms with van der Waals surface area (Å²) in [5.41, 5.74) is 7.77. The Balaban J connectivity index is 2.62. The zero-order valence-electron chi connectivity index (χ0n) is 8.66. The highest BCUT2D eigenvalue weighted by molar-refractivity contribution is 5.49. The van der Waals surface area contributed by atoms with Gasteiger partial charge in [-0.1, -0.05) is 0 Å². The predicted molar refractivity (Wildman–Crippen MR) is 57.3 cm³/mol. The summed E-state index contributed by atoms with van der Waals surface area (Å²) in [4.78, 5) is 4.02. The number of nitrogens with one attached hydrogen (secondary N) is 1. The minimum absolute atomic E-state index is 0.154. The molecule has 0 spiro atoms. The number of methoxy groups -OCH3 is 1. The minimum Gasteiger partial charge on any atom is -0.383 e. The fourth-order valence-electron chi connectivity index (χ4n) is 1.23. The fraction of sp³-hybridized carbons (Fsp3) is 0.500. The van der Waals surface area contributed by atoms with Crippen molar-refractivity contribution in [2.45, 2.75) is 13.0 Å². The third-order valence-electron chi connectivity index (χ3n) is 2.03. The van der Waals surface area contributed by atoms with Crippen molar-refractivity contribution in [3.63, 3.8) is 0 Å². The van der Waals surface area contributed by atoms with Gasteiger partial charge in [0.05, 0.1) is 12.6 Å². The standard InChI is InChI=1S/C10H17N3O/c1-8-6-12-4-3-10(8)13-9(5-11)7-14-2/h3-4,6,9H,5,7,11H2,1-2H3,(H,12,13). The van der Waals surface area contributed by atoms with Crippen molar-refractivity contribution < 1.29 is 4.74 Å². The molecule has 0 radical (unpaired) electrons. The summed E-state index contributed by atoms with van der Waals surface area (Å²) in [5.74, 6) is 0. The quantitative estimate of drug-likeness (QED) is 0.728. The molecule has 1 heterocycles. The van der Waals surface area contributed by atoms with E-state index < -0.39 is 0 Å². The molecule has 4 heteroatoms. The highest BCUT2D eigenvalue weighted by Crippen LogP contribution is 2.12. The molecule has 1 aromatic rings. The number of anilines is 1. The largest absolute Gasteiger partial charge is 0.383 e. The van der Waals surface area contributed by atoms with Crippen LogP contribution in [0, 0.1) is 6.92 Å². The first-order chi connectivity index (χ1) is 6.77. The van der Waals surface area contributed by atoms with Crippen molar-refractivity contribution in [3.8, 4) is 0 Å². The highest BCUT2D eigenvalue weighted by Gasteiger charge is 2.06. The lowest BCUT2D eigenvalue weighted by molar-refractivity contribution is 0.187. The first-order valence-corrected chi connectivity index (χ1v) is 4.64. The molecule has 0 bridgehead atoms. The van der Waals surface area contributed by atoms with Crippen molar-refractivity contribution in [2.75, 3.05) is 25.6 Å². The number of pyridine rings is 1. The van der Waals surface area contributed by atoms with Crippen LogP contribution < -0.4 is 11.1 Å². The van der Waals surface area contributed by atoms with Crippen LogP contribution in [0.5, 0.6) is 0 Å². The van der Waals surface area contributed by atoms with Gasteiger partial charge < -0.3 is 15.8 Å². The number of hydrogen-bond donors (Lipinski definition) is 2. The molecule has 14 heavy (non-hydrogen) atoms. The van der Waals surface area contributed by atoms with E-state index in [2.05, 4.69) is 10.3 Å². The SMILES string of the molecule is COCC(CN)Nc1ccncc1C. The van der Waals surface area contributed by atoms with E-state index in [4.69, 9.17) is 10.5 Å². The maximum Gasteiger partial charge on any atom is 0.0676 e. The highest BCUT2D eigenvalue weighted by atomic mass is 16.5. The third-order valence-corrected chi connectivity index (χ3v) is 2.03. The maximum atomic E-state index is 5.60. The van der Waals surface area contributed by atoms with Crippen molar-refractivity contribution in [3.05, 3.63) is 24.0 Å². The topological polar surface area (TPSA) is 60.2 Å². The van der Waals surface area contributed by atoms with Gasteiger partial charge in [0.2, 0.25) is 0 Å². The minimum atomic E-state index is 0.154. The molecule has 0 amide bonds.